The van der Waals surface area contributed by atoms with E-state index in [1.165, 1.54) is 0 Å². The summed E-state index contributed by atoms with van der Waals surface area (Å²) in [6.07, 6.45) is 6.16. The van der Waals surface area contributed by atoms with E-state index in [9.17, 15) is 0 Å². The molecule has 1 atom stereocenters. The Labute approximate surface area is 111 Å². The van der Waals surface area contributed by atoms with Crippen molar-refractivity contribution in [1.29, 1.82) is 0 Å². The molecular weight excluding hydrogens is 238 g/mol. The fraction of sp³-hybridized carbons (Fsp3) is 0.214. The van der Waals surface area contributed by atoms with Crippen LogP contribution in [0.1, 0.15) is 12.5 Å². The summed E-state index contributed by atoms with van der Waals surface area (Å²) in [7, 11) is 0. The second-order valence-corrected chi connectivity index (χ2v) is 4.68. The van der Waals surface area contributed by atoms with Crippen LogP contribution in [0.4, 0.5) is 0 Å². The molecule has 0 radical (unpaired) electrons. The predicted octanol–water partition coefficient (Wildman–Crippen LogP) is 1.71. The first-order chi connectivity index (χ1) is 9.24. The summed E-state index contributed by atoms with van der Waals surface area (Å²) >= 11 is 0. The maximum atomic E-state index is 5.76. The molecule has 2 heterocycles. The van der Waals surface area contributed by atoms with E-state index in [4.69, 9.17) is 5.73 Å². The van der Waals surface area contributed by atoms with Gasteiger partial charge in [0.1, 0.15) is 6.33 Å². The largest absolute Gasteiger partial charge is 0.328 e. The van der Waals surface area contributed by atoms with Crippen molar-refractivity contribution in [1.82, 2.24) is 19.5 Å². The van der Waals surface area contributed by atoms with Gasteiger partial charge in [-0.15, -0.1) is 0 Å². The summed E-state index contributed by atoms with van der Waals surface area (Å²) < 4.78 is 1.88. The van der Waals surface area contributed by atoms with Gasteiger partial charge in [0.15, 0.2) is 0 Å². The summed E-state index contributed by atoms with van der Waals surface area (Å²) in [5.41, 5.74) is 8.74. The summed E-state index contributed by atoms with van der Waals surface area (Å²) in [6, 6.07) is 8.03. The van der Waals surface area contributed by atoms with Gasteiger partial charge in [-0.2, -0.15) is 0 Å². The van der Waals surface area contributed by atoms with E-state index >= 15 is 0 Å². The van der Waals surface area contributed by atoms with Crippen molar-refractivity contribution in [3.05, 3.63) is 48.5 Å². The van der Waals surface area contributed by atoms with Crippen LogP contribution >= 0.6 is 0 Å². The molecule has 0 aliphatic rings. The lowest BCUT2D eigenvalue weighted by Gasteiger charge is -2.06. The highest BCUT2D eigenvalue weighted by Crippen LogP contribution is 2.15. The molecule has 0 saturated carbocycles. The molecule has 2 aromatic heterocycles. The van der Waals surface area contributed by atoms with E-state index in [-0.39, 0.29) is 6.04 Å². The summed E-state index contributed by atoms with van der Waals surface area (Å²) in [4.78, 5) is 13.1. The first-order valence-corrected chi connectivity index (χ1v) is 6.23. The second kappa shape index (κ2) is 4.78. The van der Waals surface area contributed by atoms with Crippen LogP contribution in [0.25, 0.3) is 17.0 Å². The number of nitrogens with zero attached hydrogens (tertiary/aromatic N) is 4. The molecule has 5 nitrogen and oxygen atoms in total. The topological polar surface area (TPSA) is 69.6 Å². The highest BCUT2D eigenvalue weighted by Gasteiger charge is 2.06. The van der Waals surface area contributed by atoms with Gasteiger partial charge in [-0.25, -0.2) is 15.0 Å². The quantitative estimate of drug-likeness (QED) is 0.771. The molecule has 3 rings (SSSR count). The Bertz CT molecular complexity index is 684. The first kappa shape index (κ1) is 11.8. The number of para-hydroxylation sites is 2. The van der Waals surface area contributed by atoms with Crippen LogP contribution in [0.2, 0.25) is 0 Å². The number of benzene rings is 1. The average Bonchev–Trinajstić information content (AvgIpc) is 2.83. The van der Waals surface area contributed by atoms with Crippen LogP contribution in [0.15, 0.2) is 43.0 Å². The smallest absolute Gasteiger partial charge is 0.235 e. The van der Waals surface area contributed by atoms with Crippen LogP contribution in [-0.4, -0.2) is 25.6 Å². The SMILES string of the molecule is CC(N)Cc1cnc(-n2cnc3ccccc32)nc1. The number of aromatic nitrogens is 4. The van der Waals surface area contributed by atoms with Crippen LogP contribution in [0.5, 0.6) is 0 Å². The molecule has 0 amide bonds. The van der Waals surface area contributed by atoms with Gasteiger partial charge in [0.2, 0.25) is 5.95 Å². The predicted molar refractivity (Wildman–Crippen MR) is 74.0 cm³/mol. The van der Waals surface area contributed by atoms with Crippen LogP contribution in [0.3, 0.4) is 0 Å². The Kier molecular flexibility index (Phi) is 2.97. The van der Waals surface area contributed by atoms with E-state index in [1.54, 1.807) is 6.33 Å². The lowest BCUT2D eigenvalue weighted by Crippen LogP contribution is -2.18. The molecule has 2 N–H and O–H groups in total. The maximum Gasteiger partial charge on any atom is 0.235 e. The van der Waals surface area contributed by atoms with Crippen LogP contribution in [0, 0.1) is 0 Å². The van der Waals surface area contributed by atoms with E-state index in [2.05, 4.69) is 15.0 Å². The molecule has 1 aromatic carbocycles. The average molecular weight is 253 g/mol. The fourth-order valence-corrected chi connectivity index (χ4v) is 2.07. The highest BCUT2D eigenvalue weighted by atomic mass is 15.2. The summed E-state index contributed by atoms with van der Waals surface area (Å²) in [5.74, 6) is 0.627. The lowest BCUT2D eigenvalue weighted by atomic mass is 10.1. The Morgan fingerprint density at radius 2 is 1.89 bits per heavy atom. The molecule has 0 aliphatic heterocycles. The van der Waals surface area contributed by atoms with Crippen molar-refractivity contribution in [2.75, 3.05) is 0 Å². The minimum atomic E-state index is 0.114. The Morgan fingerprint density at radius 3 is 2.63 bits per heavy atom. The van der Waals surface area contributed by atoms with Gasteiger partial charge >= 0.3 is 0 Å². The van der Waals surface area contributed by atoms with Gasteiger partial charge in [-0.05, 0) is 31.0 Å². The van der Waals surface area contributed by atoms with Crippen LogP contribution in [-0.2, 0) is 6.42 Å². The van der Waals surface area contributed by atoms with Crippen molar-refractivity contribution in [3.8, 4) is 5.95 Å². The molecule has 96 valence electrons. The van der Waals surface area contributed by atoms with Gasteiger partial charge in [0, 0.05) is 18.4 Å². The molecule has 5 heteroatoms. The maximum absolute atomic E-state index is 5.76. The number of rotatable bonds is 3. The van der Waals surface area contributed by atoms with Crippen LogP contribution < -0.4 is 5.73 Å². The van der Waals surface area contributed by atoms with Crippen molar-refractivity contribution >= 4 is 11.0 Å². The Balaban J connectivity index is 1.98. The number of nitrogens with two attached hydrogens (primary N) is 1. The van der Waals surface area contributed by atoms with Crippen molar-refractivity contribution in [3.63, 3.8) is 0 Å². The molecule has 3 aromatic rings. The third-order valence-electron chi connectivity index (χ3n) is 2.92. The minimum Gasteiger partial charge on any atom is -0.328 e. The monoisotopic (exact) mass is 253 g/mol. The van der Waals surface area contributed by atoms with Crippen molar-refractivity contribution in [2.45, 2.75) is 19.4 Å². The van der Waals surface area contributed by atoms with Crippen molar-refractivity contribution < 1.29 is 0 Å². The van der Waals surface area contributed by atoms with Gasteiger partial charge in [0.05, 0.1) is 11.0 Å². The zero-order valence-corrected chi connectivity index (χ0v) is 10.7. The van der Waals surface area contributed by atoms with E-state index < -0.39 is 0 Å². The lowest BCUT2D eigenvalue weighted by molar-refractivity contribution is 0.730. The molecule has 0 bridgehead atoms. The molecule has 1 unspecified atom stereocenters. The molecule has 0 saturated heterocycles. The zero-order valence-electron chi connectivity index (χ0n) is 10.7. The summed E-state index contributed by atoms with van der Waals surface area (Å²) in [5, 5.41) is 0. The minimum absolute atomic E-state index is 0.114. The van der Waals surface area contributed by atoms with Gasteiger partial charge in [-0.3, -0.25) is 4.57 Å². The van der Waals surface area contributed by atoms with Gasteiger partial charge in [0.25, 0.3) is 0 Å². The van der Waals surface area contributed by atoms with Gasteiger partial charge < -0.3 is 5.73 Å². The van der Waals surface area contributed by atoms with E-state index in [1.807, 2.05) is 48.1 Å². The summed E-state index contributed by atoms with van der Waals surface area (Å²) in [6.45, 7) is 1.97. The number of hydrogen-bond donors (Lipinski definition) is 1. The first-order valence-electron chi connectivity index (χ1n) is 6.23. The third kappa shape index (κ3) is 2.32. The number of hydrogen-bond acceptors (Lipinski definition) is 4. The molecular formula is C14H15N5. The normalized spacial score (nSPS) is 12.7. The Morgan fingerprint density at radius 1 is 1.16 bits per heavy atom. The van der Waals surface area contributed by atoms with E-state index in [0.717, 1.165) is 23.0 Å². The third-order valence-corrected chi connectivity index (χ3v) is 2.92. The molecule has 19 heavy (non-hydrogen) atoms. The highest BCUT2D eigenvalue weighted by molar-refractivity contribution is 5.76. The standard InChI is InChI=1S/C14H15N5/c1-10(15)6-11-7-16-14(17-8-11)19-9-18-12-4-2-3-5-13(12)19/h2-5,7-10H,6,15H2,1H3. The molecule has 0 spiro atoms. The Hall–Kier alpha value is -2.27. The van der Waals surface area contributed by atoms with Crippen molar-refractivity contribution in [2.24, 2.45) is 5.73 Å². The molecule has 0 aliphatic carbocycles. The fourth-order valence-electron chi connectivity index (χ4n) is 2.07. The number of fused-ring (bicyclic) bond motifs is 1. The molecule has 0 fully saturated rings. The van der Waals surface area contributed by atoms with Gasteiger partial charge in [-0.1, -0.05) is 12.1 Å². The second-order valence-electron chi connectivity index (χ2n) is 4.68. The number of imidazole rings is 1. The zero-order chi connectivity index (χ0) is 13.2. The van der Waals surface area contributed by atoms with E-state index in [0.29, 0.717) is 5.95 Å².